The van der Waals surface area contributed by atoms with Gasteiger partial charge >= 0.3 is 5.97 Å². The third-order valence-electron chi connectivity index (χ3n) is 8.99. The summed E-state index contributed by atoms with van der Waals surface area (Å²) in [7, 11) is 3.20. The first-order chi connectivity index (χ1) is 18.4. The van der Waals surface area contributed by atoms with Gasteiger partial charge in [0.1, 0.15) is 18.3 Å². The first-order valence-electron chi connectivity index (χ1n) is 14.6. The van der Waals surface area contributed by atoms with Crippen LogP contribution >= 0.6 is 0 Å². The minimum atomic E-state index is -1.47. The third kappa shape index (κ3) is 9.96. The van der Waals surface area contributed by atoms with Gasteiger partial charge in [0, 0.05) is 53.1 Å². The van der Waals surface area contributed by atoms with E-state index in [1.54, 1.807) is 14.2 Å². The minimum absolute atomic E-state index is 0. The van der Waals surface area contributed by atoms with Gasteiger partial charge < -0.3 is 33.9 Å². The molecule has 2 rings (SSSR count). The summed E-state index contributed by atoms with van der Waals surface area (Å²) in [5.41, 5.74) is -1.47. The van der Waals surface area contributed by atoms with E-state index in [4.69, 9.17) is 23.7 Å². The van der Waals surface area contributed by atoms with Gasteiger partial charge in [0.25, 0.3) is 0 Å². The van der Waals surface area contributed by atoms with E-state index in [0.717, 1.165) is 0 Å². The molecule has 5 unspecified atom stereocenters. The zero-order valence-corrected chi connectivity index (χ0v) is 27.5. The predicted octanol–water partition coefficient (Wildman–Crippen LogP) is 4.67. The fraction of sp³-hybridized carbons (Fsp3) is 0.839. The quantitative estimate of drug-likeness (QED) is 0.314. The summed E-state index contributed by atoms with van der Waals surface area (Å²) in [4.78, 5) is 12.9. The molecule has 2 aliphatic heterocycles. The molecular weight excluding hydrogens is 603 g/mol. The van der Waals surface area contributed by atoms with Crippen LogP contribution in [0.1, 0.15) is 74.1 Å². The summed E-state index contributed by atoms with van der Waals surface area (Å²) in [6.45, 7) is 14.0. The van der Waals surface area contributed by atoms with Gasteiger partial charge in [-0.1, -0.05) is 58.9 Å². The van der Waals surface area contributed by atoms with Crippen molar-refractivity contribution in [3.63, 3.8) is 0 Å². The van der Waals surface area contributed by atoms with Crippen molar-refractivity contribution in [1.82, 2.24) is 0 Å². The van der Waals surface area contributed by atoms with Crippen LogP contribution in [0, 0.1) is 29.6 Å². The number of methoxy groups -OCH3 is 2. The molecule has 12 atom stereocenters. The maximum Gasteiger partial charge on any atom is 0.306 e. The summed E-state index contributed by atoms with van der Waals surface area (Å²) >= 11 is 0. The summed E-state index contributed by atoms with van der Waals surface area (Å²) in [5, 5.41) is 22.4. The average Bonchev–Trinajstić information content (AvgIpc) is 2.86. The van der Waals surface area contributed by atoms with Crippen molar-refractivity contribution in [2.24, 2.45) is 29.6 Å². The predicted molar refractivity (Wildman–Crippen MR) is 151 cm³/mol. The molecule has 2 aliphatic rings. The Balaban J connectivity index is 0.00000800. The number of esters is 1. The van der Waals surface area contributed by atoms with E-state index in [-0.39, 0.29) is 92.8 Å². The second kappa shape index (κ2) is 17.5. The molecule has 235 valence electrons. The third-order valence-corrected chi connectivity index (χ3v) is 8.99. The second-order valence-corrected chi connectivity index (χ2v) is 12.0. The maximum absolute atomic E-state index is 12.9. The Morgan fingerprint density at radius 3 is 2.23 bits per heavy atom. The van der Waals surface area contributed by atoms with Crippen molar-refractivity contribution >= 4 is 5.97 Å². The molecule has 1 radical (unpaired) electrons. The number of cyclic esters (lactones) is 1. The fourth-order valence-electron chi connectivity index (χ4n) is 5.91. The Morgan fingerprint density at radius 2 is 1.62 bits per heavy atom. The Hall–Kier alpha value is -0.667. The molecule has 0 bridgehead atoms. The Bertz CT molecular complexity index is 806. The number of aliphatic hydroxyl groups is 2. The molecule has 0 saturated carbocycles. The topological polar surface area (TPSA) is 104 Å². The number of ether oxygens (including phenoxy) is 5. The molecule has 0 spiro atoms. The van der Waals surface area contributed by atoms with E-state index in [1.807, 2.05) is 39.0 Å². The molecule has 1 saturated heterocycles. The van der Waals surface area contributed by atoms with Crippen LogP contribution in [-0.2, 0) is 48.0 Å². The van der Waals surface area contributed by atoms with Crippen molar-refractivity contribution in [3.05, 3.63) is 24.3 Å². The standard InChI is InChI=1S/C31H54O8.Rh/c1-19-13-11-10-12-14-22(4)37-26(33)17-20(2)27(35-8)29(31(34,15-16-32)18-21(19)3)39-30-28(36-9)24(6)23(5)25(7)38-30;/h10-13,19-25,27-30,32,34H,14-18H2,1-9H3;/b12-10+,13-11+;/t19-,20+,21+,22+,23?,24?,25?,27-,28?,29+,30?,31+;/m0./s1. The summed E-state index contributed by atoms with van der Waals surface area (Å²) in [6.07, 6.45) is 6.15. The molecule has 9 heteroatoms. The van der Waals surface area contributed by atoms with Gasteiger partial charge in [-0.25, -0.2) is 0 Å². The van der Waals surface area contributed by atoms with Crippen molar-refractivity contribution in [2.45, 2.75) is 117 Å². The van der Waals surface area contributed by atoms with Gasteiger partial charge in [-0.2, -0.15) is 0 Å². The van der Waals surface area contributed by atoms with E-state index in [1.165, 1.54) is 0 Å². The van der Waals surface area contributed by atoms with Crippen LogP contribution in [0.3, 0.4) is 0 Å². The monoisotopic (exact) mass is 657 g/mol. The molecule has 0 aromatic heterocycles. The van der Waals surface area contributed by atoms with Gasteiger partial charge in [-0.15, -0.1) is 0 Å². The average molecular weight is 658 g/mol. The number of carbonyl (C=O) groups is 1. The van der Waals surface area contributed by atoms with Crippen molar-refractivity contribution in [3.8, 4) is 0 Å². The number of hydrogen-bond donors (Lipinski definition) is 2. The van der Waals surface area contributed by atoms with Crippen LogP contribution in [0.2, 0.25) is 0 Å². The van der Waals surface area contributed by atoms with Crippen molar-refractivity contribution in [1.29, 1.82) is 0 Å². The SMILES string of the molecule is COC1C(O[C@@H]2[C@@H](OC)[C@H](C)CC(=O)O[C@H](C)C/C=C/C=C/[C@H](C)[C@H](C)C[C@]2(O)CCO)OC(C)C(C)C1C.[Rh]. The van der Waals surface area contributed by atoms with Gasteiger partial charge in [0.15, 0.2) is 6.29 Å². The van der Waals surface area contributed by atoms with E-state index in [2.05, 4.69) is 33.8 Å². The molecule has 2 heterocycles. The Labute approximate surface area is 254 Å². The zero-order chi connectivity index (χ0) is 29.3. The van der Waals surface area contributed by atoms with E-state index in [9.17, 15) is 15.0 Å². The van der Waals surface area contributed by atoms with Crippen LogP contribution in [0.5, 0.6) is 0 Å². The molecule has 2 N–H and O–H groups in total. The molecule has 0 aromatic rings. The molecule has 8 nitrogen and oxygen atoms in total. The number of aliphatic hydroxyl groups excluding tert-OH is 1. The Morgan fingerprint density at radius 1 is 0.975 bits per heavy atom. The fourth-order valence-corrected chi connectivity index (χ4v) is 5.91. The van der Waals surface area contributed by atoms with Crippen LogP contribution in [0.25, 0.3) is 0 Å². The maximum atomic E-state index is 12.9. The Kier molecular flexibility index (Phi) is 16.3. The largest absolute Gasteiger partial charge is 0.462 e. The van der Waals surface area contributed by atoms with Crippen LogP contribution < -0.4 is 0 Å². The van der Waals surface area contributed by atoms with Crippen LogP contribution in [0.15, 0.2) is 24.3 Å². The van der Waals surface area contributed by atoms with Crippen molar-refractivity contribution < 1.29 is 58.2 Å². The second-order valence-electron chi connectivity index (χ2n) is 12.0. The van der Waals surface area contributed by atoms with E-state index in [0.29, 0.717) is 12.8 Å². The van der Waals surface area contributed by atoms with E-state index < -0.39 is 24.1 Å². The number of carbonyl (C=O) groups excluding carboxylic acids is 1. The first-order valence-corrected chi connectivity index (χ1v) is 14.6. The smallest absolute Gasteiger partial charge is 0.306 e. The number of rotatable bonds is 6. The van der Waals surface area contributed by atoms with Gasteiger partial charge in [-0.3, -0.25) is 4.79 Å². The van der Waals surface area contributed by atoms with E-state index >= 15 is 0 Å². The molecule has 0 amide bonds. The molecular formula is C31H54O8Rh. The molecule has 0 aliphatic carbocycles. The van der Waals surface area contributed by atoms with Gasteiger partial charge in [0.2, 0.25) is 0 Å². The summed E-state index contributed by atoms with van der Waals surface area (Å²) in [6, 6.07) is 0. The number of hydrogen-bond acceptors (Lipinski definition) is 8. The first kappa shape index (κ1) is 37.4. The molecule has 40 heavy (non-hydrogen) atoms. The summed E-state index contributed by atoms with van der Waals surface area (Å²) < 4.78 is 30.5. The minimum Gasteiger partial charge on any atom is -0.462 e. The van der Waals surface area contributed by atoms with Crippen LogP contribution in [0.4, 0.5) is 0 Å². The van der Waals surface area contributed by atoms with Gasteiger partial charge in [-0.05, 0) is 49.9 Å². The molecule has 0 aromatic carbocycles. The normalized spacial score (nSPS) is 43.8. The number of allylic oxidation sites excluding steroid dienone is 3. The summed E-state index contributed by atoms with van der Waals surface area (Å²) in [5.74, 6) is -0.0730. The van der Waals surface area contributed by atoms with Gasteiger partial charge in [0.05, 0.1) is 24.2 Å². The zero-order valence-electron chi connectivity index (χ0n) is 25.9. The van der Waals surface area contributed by atoms with Crippen molar-refractivity contribution in [2.75, 3.05) is 20.8 Å². The van der Waals surface area contributed by atoms with Crippen LogP contribution in [-0.4, -0.2) is 79.4 Å². The molecule has 1 fully saturated rings.